The number of halogens is 1. The van der Waals surface area contributed by atoms with Crippen molar-refractivity contribution in [3.63, 3.8) is 0 Å². The highest BCUT2D eigenvalue weighted by Crippen LogP contribution is 2.22. The minimum absolute atomic E-state index is 0.112. The molecule has 1 aromatic heterocycles. The average molecular weight is 312 g/mol. The third-order valence-corrected chi connectivity index (χ3v) is 3.94. The molecule has 4 nitrogen and oxygen atoms in total. The van der Waals surface area contributed by atoms with Gasteiger partial charge in [0.1, 0.15) is 0 Å². The first-order valence-electron chi connectivity index (χ1n) is 8.05. The lowest BCUT2D eigenvalue weighted by Gasteiger charge is -2.12. The molecule has 0 aromatic carbocycles. The van der Waals surface area contributed by atoms with Gasteiger partial charge >= 0.3 is 0 Å². The van der Waals surface area contributed by atoms with E-state index in [1.807, 2.05) is 6.92 Å². The zero-order valence-electron chi connectivity index (χ0n) is 14.0. The molecule has 1 aromatic rings. The first-order chi connectivity index (χ1) is 10.7. The molecule has 0 atom stereocenters. The second-order valence-electron chi connectivity index (χ2n) is 5.54. The lowest BCUT2D eigenvalue weighted by molar-refractivity contribution is 0.338. The highest BCUT2D eigenvalue weighted by Gasteiger charge is 2.14. The molecular weight excluding hydrogens is 284 g/mol. The Morgan fingerprint density at radius 3 is 2.09 bits per heavy atom. The first kappa shape index (κ1) is 18.5. The van der Waals surface area contributed by atoms with Crippen molar-refractivity contribution in [2.45, 2.75) is 58.3 Å². The average Bonchev–Trinajstić information content (AvgIpc) is 2.53. The van der Waals surface area contributed by atoms with Crippen molar-refractivity contribution < 1.29 is 13.9 Å². The Hall–Kier alpha value is -1.52. The summed E-state index contributed by atoms with van der Waals surface area (Å²) >= 11 is 0. The number of H-pyrrole nitrogens is 1. The van der Waals surface area contributed by atoms with Crippen molar-refractivity contribution in [2.24, 2.45) is 0 Å². The van der Waals surface area contributed by atoms with Crippen LogP contribution in [0.3, 0.4) is 0 Å². The van der Waals surface area contributed by atoms with E-state index in [1.165, 1.54) is 14.2 Å². The van der Waals surface area contributed by atoms with Crippen LogP contribution in [0.4, 0.5) is 4.39 Å². The number of pyridine rings is 1. The molecule has 0 spiro atoms. The van der Waals surface area contributed by atoms with Gasteiger partial charge in [-0.2, -0.15) is 0 Å². The van der Waals surface area contributed by atoms with Crippen molar-refractivity contribution in [3.8, 4) is 11.6 Å². The van der Waals surface area contributed by atoms with Crippen molar-refractivity contribution >= 4 is 0 Å². The SMILES string of the molecule is COc1[nH]c(CCCCCCCCC[18F])c(C)c(=O)c1OC. The Kier molecular flexibility index (Phi) is 8.63. The third-order valence-electron chi connectivity index (χ3n) is 3.94. The summed E-state index contributed by atoms with van der Waals surface area (Å²) in [5.74, 6) is 0.621. The van der Waals surface area contributed by atoms with Gasteiger partial charge in [0.2, 0.25) is 17.1 Å². The molecule has 0 saturated heterocycles. The van der Waals surface area contributed by atoms with Crippen LogP contribution in [-0.2, 0) is 6.42 Å². The lowest BCUT2D eigenvalue weighted by atomic mass is 10.0. The molecule has 0 aliphatic carbocycles. The fourth-order valence-corrected chi connectivity index (χ4v) is 2.56. The van der Waals surface area contributed by atoms with E-state index in [9.17, 15) is 9.18 Å². The van der Waals surface area contributed by atoms with Gasteiger partial charge in [-0.05, 0) is 26.2 Å². The Balaban J connectivity index is 2.46. The van der Waals surface area contributed by atoms with Crippen molar-refractivity contribution in [2.75, 3.05) is 20.9 Å². The molecule has 0 saturated carbocycles. The number of nitrogens with one attached hydrogen (secondary N) is 1. The van der Waals surface area contributed by atoms with Crippen LogP contribution in [0.2, 0.25) is 0 Å². The van der Waals surface area contributed by atoms with Crippen LogP contribution in [-0.4, -0.2) is 25.9 Å². The van der Waals surface area contributed by atoms with Crippen LogP contribution in [0.15, 0.2) is 4.79 Å². The van der Waals surface area contributed by atoms with E-state index in [0.717, 1.165) is 50.6 Å². The van der Waals surface area contributed by atoms with Gasteiger partial charge in [0.25, 0.3) is 0 Å². The minimum atomic E-state index is -0.202. The standard InChI is InChI=1S/C17H28FNO3/c1-13-14(11-9-7-5-4-6-8-10-12-18)19-17(22-3)16(21-2)15(13)20/h4-12H2,1-3H3,(H,19,20)/i18-1. The van der Waals surface area contributed by atoms with Gasteiger partial charge < -0.3 is 14.5 Å². The summed E-state index contributed by atoms with van der Waals surface area (Å²) in [6, 6.07) is 0. The van der Waals surface area contributed by atoms with Crippen molar-refractivity contribution in [1.82, 2.24) is 4.98 Å². The number of unbranched alkanes of at least 4 members (excludes halogenated alkanes) is 6. The van der Waals surface area contributed by atoms with Gasteiger partial charge in [-0.1, -0.05) is 32.1 Å². The summed E-state index contributed by atoms with van der Waals surface area (Å²) in [5.41, 5.74) is 1.50. The van der Waals surface area contributed by atoms with Crippen LogP contribution in [0.5, 0.6) is 11.6 Å². The number of aryl methyl sites for hydroxylation is 1. The summed E-state index contributed by atoms with van der Waals surface area (Å²) < 4.78 is 22.2. The van der Waals surface area contributed by atoms with Crippen LogP contribution in [0.25, 0.3) is 0 Å². The first-order valence-corrected chi connectivity index (χ1v) is 8.05. The van der Waals surface area contributed by atoms with Gasteiger partial charge in [-0.3, -0.25) is 9.18 Å². The largest absolute Gasteiger partial charge is 0.488 e. The smallest absolute Gasteiger partial charge is 0.238 e. The fourth-order valence-electron chi connectivity index (χ4n) is 2.56. The van der Waals surface area contributed by atoms with Crippen LogP contribution in [0, 0.1) is 6.92 Å². The predicted octanol–water partition coefficient (Wildman–Crippen LogP) is 3.94. The normalized spacial score (nSPS) is 10.7. The topological polar surface area (TPSA) is 51.3 Å². The summed E-state index contributed by atoms with van der Waals surface area (Å²) in [6.45, 7) is 1.61. The molecule has 1 N–H and O–H groups in total. The third kappa shape index (κ3) is 5.35. The van der Waals surface area contributed by atoms with Crippen molar-refractivity contribution in [3.05, 3.63) is 21.5 Å². The molecule has 0 aliphatic rings. The summed E-state index contributed by atoms with van der Waals surface area (Å²) in [7, 11) is 2.99. The van der Waals surface area contributed by atoms with E-state index in [1.54, 1.807) is 0 Å². The maximum absolute atomic E-state index is 12.2. The molecule has 0 radical (unpaired) electrons. The van der Waals surface area contributed by atoms with E-state index in [2.05, 4.69) is 4.98 Å². The summed E-state index contributed by atoms with van der Waals surface area (Å²) in [4.78, 5) is 15.3. The van der Waals surface area contributed by atoms with Crippen molar-refractivity contribution in [1.29, 1.82) is 0 Å². The fraction of sp³-hybridized carbons (Fsp3) is 0.706. The van der Waals surface area contributed by atoms with E-state index >= 15 is 0 Å². The molecule has 126 valence electrons. The summed E-state index contributed by atoms with van der Waals surface area (Å²) in [6.07, 6.45) is 8.05. The quantitative estimate of drug-likeness (QED) is 0.630. The Labute approximate surface area is 132 Å². The number of ether oxygens (including phenoxy) is 2. The van der Waals surface area contributed by atoms with E-state index in [0.29, 0.717) is 17.9 Å². The Morgan fingerprint density at radius 2 is 1.55 bits per heavy atom. The molecule has 22 heavy (non-hydrogen) atoms. The van der Waals surface area contributed by atoms with Crippen LogP contribution in [0.1, 0.15) is 56.2 Å². The minimum Gasteiger partial charge on any atom is -0.488 e. The van der Waals surface area contributed by atoms with E-state index < -0.39 is 0 Å². The van der Waals surface area contributed by atoms with Gasteiger partial charge in [-0.25, -0.2) is 0 Å². The molecule has 1 heterocycles. The number of aromatic nitrogens is 1. The number of rotatable bonds is 11. The Bertz CT molecular complexity index is 499. The summed E-state index contributed by atoms with van der Waals surface area (Å²) in [5, 5.41) is 0. The van der Waals surface area contributed by atoms with Gasteiger partial charge in [0.15, 0.2) is 0 Å². The number of alkyl halides is 1. The number of hydrogen-bond donors (Lipinski definition) is 1. The maximum Gasteiger partial charge on any atom is 0.238 e. The highest BCUT2D eigenvalue weighted by atomic mass is 18.2. The molecular formula is C17H28FNO3. The molecule has 0 aliphatic heterocycles. The molecule has 5 heteroatoms. The second-order valence-corrected chi connectivity index (χ2v) is 5.54. The predicted molar refractivity (Wildman–Crippen MR) is 86.9 cm³/mol. The van der Waals surface area contributed by atoms with Gasteiger partial charge in [-0.15, -0.1) is 0 Å². The van der Waals surface area contributed by atoms with Crippen LogP contribution >= 0.6 is 0 Å². The monoisotopic (exact) mass is 312 g/mol. The zero-order valence-corrected chi connectivity index (χ0v) is 14.0. The van der Waals surface area contributed by atoms with Gasteiger partial charge in [0, 0.05) is 11.3 Å². The van der Waals surface area contributed by atoms with Gasteiger partial charge in [0.05, 0.1) is 20.9 Å². The Morgan fingerprint density at radius 1 is 0.955 bits per heavy atom. The van der Waals surface area contributed by atoms with E-state index in [4.69, 9.17) is 9.47 Å². The lowest BCUT2D eigenvalue weighted by Crippen LogP contribution is -2.15. The highest BCUT2D eigenvalue weighted by molar-refractivity contribution is 5.39. The van der Waals surface area contributed by atoms with Crippen LogP contribution < -0.4 is 14.9 Å². The maximum atomic E-state index is 12.2. The zero-order chi connectivity index (χ0) is 16.4. The molecule has 1 rings (SSSR count). The number of hydrogen-bond acceptors (Lipinski definition) is 3. The number of aromatic amines is 1. The second kappa shape index (κ2) is 10.2. The molecule has 0 bridgehead atoms. The molecule has 0 fully saturated rings. The number of methoxy groups -OCH3 is 2. The molecule has 0 unspecified atom stereocenters. The van der Waals surface area contributed by atoms with E-state index in [-0.39, 0.29) is 17.9 Å². The molecule has 0 amide bonds.